The minimum absolute atomic E-state index is 0.370. The Kier molecular flexibility index (Phi) is 3.19. The average Bonchev–Trinajstić information content (AvgIpc) is 2.63. The number of aliphatic carboxylic acids is 1. The van der Waals surface area contributed by atoms with Gasteiger partial charge in [-0.15, -0.1) is 0 Å². The van der Waals surface area contributed by atoms with Gasteiger partial charge in [0.15, 0.2) is 0 Å². The molecule has 5 nitrogen and oxygen atoms in total. The molecule has 0 aromatic carbocycles. The molecule has 2 unspecified atom stereocenters. The average molecular weight is 227 g/mol. The molecule has 0 aromatic rings. The van der Waals surface area contributed by atoms with Crippen molar-refractivity contribution in [3.63, 3.8) is 0 Å². The zero-order valence-electron chi connectivity index (χ0n) is 9.85. The summed E-state index contributed by atoms with van der Waals surface area (Å²) < 4.78 is 0. The van der Waals surface area contributed by atoms with Crippen LogP contribution in [0.3, 0.4) is 0 Å². The van der Waals surface area contributed by atoms with Gasteiger partial charge in [-0.2, -0.15) is 0 Å². The van der Waals surface area contributed by atoms with E-state index in [1.807, 2.05) is 0 Å². The van der Waals surface area contributed by atoms with Crippen LogP contribution in [0.25, 0.3) is 0 Å². The van der Waals surface area contributed by atoms with Crippen LogP contribution in [-0.2, 0) is 4.79 Å². The number of rotatable bonds is 2. The first-order chi connectivity index (χ1) is 7.51. The topological polar surface area (TPSA) is 69.8 Å². The van der Waals surface area contributed by atoms with Gasteiger partial charge in [-0.05, 0) is 26.3 Å². The third-order valence-electron chi connectivity index (χ3n) is 4.00. The number of hydrogen-bond donors (Lipinski definition) is 2. The van der Waals surface area contributed by atoms with Crippen LogP contribution in [0.1, 0.15) is 19.3 Å². The summed E-state index contributed by atoms with van der Waals surface area (Å²) in [6.07, 6.45) is 2.14. The second-order valence-corrected chi connectivity index (χ2v) is 5.20. The van der Waals surface area contributed by atoms with Crippen molar-refractivity contribution in [2.45, 2.75) is 30.8 Å². The lowest BCUT2D eigenvalue weighted by molar-refractivity contribution is -0.143. The number of likely N-dealkylation sites (N-methyl/N-ethyl adjacent to an activating group) is 1. The van der Waals surface area contributed by atoms with E-state index in [0.717, 1.165) is 32.6 Å². The maximum absolute atomic E-state index is 11.1. The van der Waals surface area contributed by atoms with Crippen molar-refractivity contribution in [3.8, 4) is 0 Å². The number of piperazine rings is 1. The Hall–Kier alpha value is -0.650. The lowest BCUT2D eigenvalue weighted by atomic mass is 9.99. The van der Waals surface area contributed by atoms with Crippen molar-refractivity contribution < 1.29 is 9.90 Å². The second kappa shape index (κ2) is 4.31. The molecule has 1 saturated heterocycles. The molecule has 2 rings (SSSR count). The summed E-state index contributed by atoms with van der Waals surface area (Å²) in [5.41, 5.74) is 4.91. The molecule has 0 spiro atoms. The predicted octanol–water partition coefficient (Wildman–Crippen LogP) is -0.432. The van der Waals surface area contributed by atoms with E-state index in [-0.39, 0.29) is 0 Å². The zero-order valence-corrected chi connectivity index (χ0v) is 9.85. The highest BCUT2D eigenvalue weighted by atomic mass is 16.4. The Bertz CT molecular complexity index is 276. The van der Waals surface area contributed by atoms with E-state index in [2.05, 4.69) is 16.8 Å². The summed E-state index contributed by atoms with van der Waals surface area (Å²) in [6, 6.07) is 0.370. The second-order valence-electron chi connectivity index (χ2n) is 5.20. The summed E-state index contributed by atoms with van der Waals surface area (Å²) in [7, 11) is 2.12. The Morgan fingerprint density at radius 3 is 2.50 bits per heavy atom. The lowest BCUT2D eigenvalue weighted by Crippen LogP contribution is -2.51. The molecule has 92 valence electrons. The molecule has 0 aromatic heterocycles. The van der Waals surface area contributed by atoms with Gasteiger partial charge in [0, 0.05) is 32.2 Å². The zero-order chi connectivity index (χ0) is 11.8. The highest BCUT2D eigenvalue weighted by Crippen LogP contribution is 2.31. The molecule has 1 aliphatic heterocycles. The first-order valence-corrected chi connectivity index (χ1v) is 5.96. The molecule has 2 fully saturated rings. The van der Waals surface area contributed by atoms with E-state index in [1.165, 1.54) is 0 Å². The van der Waals surface area contributed by atoms with Gasteiger partial charge >= 0.3 is 5.97 Å². The monoisotopic (exact) mass is 227 g/mol. The largest absolute Gasteiger partial charge is 0.480 e. The number of carboxylic acids is 1. The Morgan fingerprint density at radius 1 is 1.38 bits per heavy atom. The van der Waals surface area contributed by atoms with Crippen LogP contribution in [0.4, 0.5) is 0 Å². The fourth-order valence-electron chi connectivity index (χ4n) is 2.74. The molecule has 0 radical (unpaired) electrons. The summed E-state index contributed by atoms with van der Waals surface area (Å²) in [5.74, 6) is -0.843. The number of carbonyl (C=O) groups is 1. The van der Waals surface area contributed by atoms with Gasteiger partial charge in [0.2, 0.25) is 0 Å². The van der Waals surface area contributed by atoms with Gasteiger partial charge in [-0.3, -0.25) is 9.69 Å². The minimum Gasteiger partial charge on any atom is -0.480 e. The van der Waals surface area contributed by atoms with Crippen molar-refractivity contribution >= 4 is 5.97 Å². The van der Waals surface area contributed by atoms with Gasteiger partial charge in [0.05, 0.1) is 0 Å². The summed E-state index contributed by atoms with van der Waals surface area (Å²) in [6.45, 7) is 4.22. The predicted molar refractivity (Wildman–Crippen MR) is 61.3 cm³/mol. The lowest BCUT2D eigenvalue weighted by Gasteiger charge is -2.36. The maximum Gasteiger partial charge on any atom is 0.323 e. The van der Waals surface area contributed by atoms with Crippen LogP contribution in [0.15, 0.2) is 0 Å². The first kappa shape index (κ1) is 11.8. The molecule has 0 amide bonds. The molecule has 2 atom stereocenters. The number of nitrogens with zero attached hydrogens (tertiary/aromatic N) is 2. The van der Waals surface area contributed by atoms with E-state index in [1.54, 1.807) is 0 Å². The van der Waals surface area contributed by atoms with Crippen LogP contribution < -0.4 is 5.73 Å². The van der Waals surface area contributed by atoms with Crippen LogP contribution in [0.5, 0.6) is 0 Å². The summed E-state index contributed by atoms with van der Waals surface area (Å²) in [4.78, 5) is 15.8. The van der Waals surface area contributed by atoms with Crippen molar-refractivity contribution in [2.24, 2.45) is 5.73 Å². The summed E-state index contributed by atoms with van der Waals surface area (Å²) >= 11 is 0. The third kappa shape index (κ3) is 2.21. The fourth-order valence-corrected chi connectivity index (χ4v) is 2.74. The van der Waals surface area contributed by atoms with Crippen LogP contribution in [0.2, 0.25) is 0 Å². The molecule has 5 heteroatoms. The van der Waals surface area contributed by atoms with Crippen LogP contribution >= 0.6 is 0 Å². The Balaban J connectivity index is 1.91. The molecule has 2 aliphatic rings. The Labute approximate surface area is 96.2 Å². The third-order valence-corrected chi connectivity index (χ3v) is 4.00. The molecule has 16 heavy (non-hydrogen) atoms. The van der Waals surface area contributed by atoms with E-state index >= 15 is 0 Å². The summed E-state index contributed by atoms with van der Waals surface area (Å²) in [5, 5.41) is 9.08. The number of nitrogens with two attached hydrogens (primary N) is 1. The first-order valence-electron chi connectivity index (χ1n) is 5.96. The van der Waals surface area contributed by atoms with Gasteiger partial charge in [0.25, 0.3) is 0 Å². The normalized spacial score (nSPS) is 37.8. The smallest absolute Gasteiger partial charge is 0.323 e. The molecule has 1 saturated carbocycles. The van der Waals surface area contributed by atoms with Crippen molar-refractivity contribution in [1.29, 1.82) is 0 Å². The SMILES string of the molecule is CN1CCN(C2CCC(N)(C(=O)O)C2)CC1. The molecular weight excluding hydrogens is 206 g/mol. The quantitative estimate of drug-likeness (QED) is 0.670. The molecule has 3 N–H and O–H groups in total. The molecular formula is C11H21N3O2. The van der Waals surface area contributed by atoms with Gasteiger partial charge in [-0.1, -0.05) is 0 Å². The van der Waals surface area contributed by atoms with Gasteiger partial charge in [0.1, 0.15) is 5.54 Å². The van der Waals surface area contributed by atoms with E-state index in [0.29, 0.717) is 18.9 Å². The Morgan fingerprint density at radius 2 is 2.00 bits per heavy atom. The highest BCUT2D eigenvalue weighted by molar-refractivity contribution is 5.79. The van der Waals surface area contributed by atoms with Crippen molar-refractivity contribution in [2.75, 3.05) is 33.2 Å². The minimum atomic E-state index is -0.978. The van der Waals surface area contributed by atoms with E-state index < -0.39 is 11.5 Å². The fraction of sp³-hybridized carbons (Fsp3) is 0.909. The number of carboxylic acid groups (broad SMARTS) is 1. The van der Waals surface area contributed by atoms with Gasteiger partial charge in [-0.25, -0.2) is 0 Å². The van der Waals surface area contributed by atoms with Gasteiger partial charge < -0.3 is 15.7 Å². The highest BCUT2D eigenvalue weighted by Gasteiger charge is 2.44. The van der Waals surface area contributed by atoms with E-state index in [4.69, 9.17) is 10.8 Å². The number of hydrogen-bond acceptors (Lipinski definition) is 4. The van der Waals surface area contributed by atoms with E-state index in [9.17, 15) is 4.79 Å². The standard InChI is InChI=1S/C11H21N3O2/c1-13-4-6-14(7-5-13)9-2-3-11(12,8-9)10(15)16/h9H,2-8,12H2,1H3,(H,15,16). The van der Waals surface area contributed by atoms with Crippen LogP contribution in [-0.4, -0.2) is 65.7 Å². The van der Waals surface area contributed by atoms with Crippen molar-refractivity contribution in [3.05, 3.63) is 0 Å². The molecule has 1 heterocycles. The molecule has 0 bridgehead atoms. The maximum atomic E-state index is 11.1. The van der Waals surface area contributed by atoms with Crippen molar-refractivity contribution in [1.82, 2.24) is 9.80 Å². The van der Waals surface area contributed by atoms with Crippen LogP contribution in [0, 0.1) is 0 Å². The molecule has 1 aliphatic carbocycles.